The Morgan fingerprint density at radius 1 is 1.08 bits per heavy atom. The van der Waals surface area contributed by atoms with E-state index < -0.39 is 6.04 Å². The molecule has 2 aliphatic rings. The molecule has 2 aliphatic heterocycles. The van der Waals surface area contributed by atoms with Crippen LogP contribution < -0.4 is 20.1 Å². The van der Waals surface area contributed by atoms with E-state index in [9.17, 15) is 9.59 Å². The number of carbonyl (C=O) groups excluding carboxylic acids is 2. The molecule has 2 heterocycles. The molecule has 0 aromatic heterocycles. The van der Waals surface area contributed by atoms with E-state index >= 15 is 0 Å². The number of hydrogen-bond donors (Lipinski definition) is 2. The zero-order chi connectivity index (χ0) is 25.8. The summed E-state index contributed by atoms with van der Waals surface area (Å²) in [6.07, 6.45) is -0.0289. The zero-order valence-electron chi connectivity index (χ0n) is 20.9. The SMILES string of the molecule is COc1cc(C2NC(=S)NC(C)=C2C(=O)c2ccccc2)ccc1OCC(=O)N1CC(C)OC(C)C1. The number of amides is 1. The summed E-state index contributed by atoms with van der Waals surface area (Å²) in [5.74, 6) is 0.693. The van der Waals surface area contributed by atoms with Crippen LogP contribution in [-0.4, -0.2) is 60.7 Å². The van der Waals surface area contributed by atoms with Gasteiger partial charge >= 0.3 is 0 Å². The minimum absolute atomic E-state index is 0.0145. The van der Waals surface area contributed by atoms with Crippen molar-refractivity contribution in [2.75, 3.05) is 26.8 Å². The van der Waals surface area contributed by atoms with Gasteiger partial charge in [0, 0.05) is 29.9 Å². The summed E-state index contributed by atoms with van der Waals surface area (Å²) in [6, 6.07) is 14.0. The Morgan fingerprint density at radius 3 is 2.44 bits per heavy atom. The molecule has 3 unspecified atom stereocenters. The molecule has 4 rings (SSSR count). The van der Waals surface area contributed by atoms with E-state index in [-0.39, 0.29) is 30.5 Å². The van der Waals surface area contributed by atoms with Crippen molar-refractivity contribution in [1.82, 2.24) is 15.5 Å². The molecule has 2 aromatic carbocycles. The molecule has 1 saturated heterocycles. The van der Waals surface area contributed by atoms with Gasteiger partial charge in [0.25, 0.3) is 5.91 Å². The van der Waals surface area contributed by atoms with Crippen molar-refractivity contribution in [2.24, 2.45) is 0 Å². The van der Waals surface area contributed by atoms with Gasteiger partial charge in [-0.15, -0.1) is 0 Å². The van der Waals surface area contributed by atoms with Crippen LogP contribution >= 0.6 is 12.2 Å². The largest absolute Gasteiger partial charge is 0.493 e. The van der Waals surface area contributed by atoms with Crippen LogP contribution in [0.4, 0.5) is 0 Å². The molecule has 3 atom stereocenters. The van der Waals surface area contributed by atoms with E-state index in [0.29, 0.717) is 46.5 Å². The number of allylic oxidation sites excluding steroid dienone is 1. The molecule has 8 nitrogen and oxygen atoms in total. The second-order valence-corrected chi connectivity index (χ2v) is 9.43. The molecule has 2 N–H and O–H groups in total. The van der Waals surface area contributed by atoms with Gasteiger partial charge in [-0.25, -0.2) is 0 Å². The first-order chi connectivity index (χ1) is 17.3. The standard InChI is InChI=1S/C27H31N3O5S/c1-16-13-30(14-17(2)35-16)23(31)15-34-21-11-10-20(12-22(21)33-4)25-24(18(3)28-27(36)29-25)26(32)19-8-6-5-7-9-19/h5-12,16-17,25H,13-15H2,1-4H3,(H2,28,29,36). The second kappa shape index (κ2) is 11.1. The van der Waals surface area contributed by atoms with E-state index in [0.717, 1.165) is 5.56 Å². The number of nitrogens with one attached hydrogen (secondary N) is 2. The van der Waals surface area contributed by atoms with E-state index in [1.54, 1.807) is 29.2 Å². The predicted molar refractivity (Wildman–Crippen MR) is 140 cm³/mol. The molecule has 0 saturated carbocycles. The predicted octanol–water partition coefficient (Wildman–Crippen LogP) is 3.39. The number of thiocarbonyl (C=S) groups is 1. The first-order valence-electron chi connectivity index (χ1n) is 11.9. The van der Waals surface area contributed by atoms with Gasteiger partial charge in [0.05, 0.1) is 25.4 Å². The third kappa shape index (κ3) is 5.68. The summed E-state index contributed by atoms with van der Waals surface area (Å²) in [5, 5.41) is 6.70. The summed E-state index contributed by atoms with van der Waals surface area (Å²) in [7, 11) is 1.54. The lowest BCUT2D eigenvalue weighted by Crippen LogP contribution is -2.49. The summed E-state index contributed by atoms with van der Waals surface area (Å²) in [5.41, 5.74) is 2.63. The van der Waals surface area contributed by atoms with Gasteiger partial charge < -0.3 is 29.7 Å². The fourth-order valence-electron chi connectivity index (χ4n) is 4.59. The molecule has 0 bridgehead atoms. The van der Waals surface area contributed by atoms with Gasteiger partial charge in [-0.3, -0.25) is 9.59 Å². The molecule has 1 fully saturated rings. The van der Waals surface area contributed by atoms with Crippen molar-refractivity contribution in [3.63, 3.8) is 0 Å². The Kier molecular flexibility index (Phi) is 7.91. The van der Waals surface area contributed by atoms with Crippen molar-refractivity contribution >= 4 is 29.0 Å². The Hall–Kier alpha value is -3.43. The number of methoxy groups -OCH3 is 1. The molecule has 2 aromatic rings. The highest BCUT2D eigenvalue weighted by Gasteiger charge is 2.31. The number of hydrogen-bond acceptors (Lipinski definition) is 6. The van der Waals surface area contributed by atoms with Gasteiger partial charge in [0.1, 0.15) is 0 Å². The highest BCUT2D eigenvalue weighted by atomic mass is 32.1. The average molecular weight is 510 g/mol. The molecule has 0 spiro atoms. The minimum atomic E-state index is -0.479. The molecule has 1 amide bonds. The van der Waals surface area contributed by atoms with E-state index in [1.807, 2.05) is 45.0 Å². The third-order valence-corrected chi connectivity index (χ3v) is 6.41. The number of ether oxygens (including phenoxy) is 3. The molecule has 36 heavy (non-hydrogen) atoms. The van der Waals surface area contributed by atoms with Crippen LogP contribution in [-0.2, 0) is 9.53 Å². The molecule has 190 valence electrons. The van der Waals surface area contributed by atoms with Crippen LogP contribution in [0.2, 0.25) is 0 Å². The first-order valence-corrected chi connectivity index (χ1v) is 12.3. The number of carbonyl (C=O) groups is 2. The van der Waals surface area contributed by atoms with Crippen molar-refractivity contribution in [2.45, 2.75) is 39.0 Å². The summed E-state index contributed by atoms with van der Waals surface area (Å²) in [4.78, 5) is 27.9. The first kappa shape index (κ1) is 25.7. The minimum Gasteiger partial charge on any atom is -0.493 e. The summed E-state index contributed by atoms with van der Waals surface area (Å²) in [6.45, 7) is 6.70. The average Bonchev–Trinajstić information content (AvgIpc) is 2.86. The second-order valence-electron chi connectivity index (χ2n) is 9.02. The van der Waals surface area contributed by atoms with E-state index in [1.165, 1.54) is 7.11 Å². The summed E-state index contributed by atoms with van der Waals surface area (Å²) < 4.78 is 17.1. The Bertz CT molecular complexity index is 1170. The van der Waals surface area contributed by atoms with Crippen molar-refractivity contribution < 1.29 is 23.8 Å². The lowest BCUT2D eigenvalue weighted by molar-refractivity contribution is -0.145. The lowest BCUT2D eigenvalue weighted by Gasteiger charge is -2.35. The topological polar surface area (TPSA) is 89.1 Å². The number of ketones is 1. The number of benzene rings is 2. The fraction of sp³-hybridized carbons (Fsp3) is 0.370. The molecular formula is C27H31N3O5S. The lowest BCUT2D eigenvalue weighted by atomic mass is 9.89. The maximum atomic E-state index is 13.4. The number of rotatable bonds is 7. The molecular weight excluding hydrogens is 478 g/mol. The Morgan fingerprint density at radius 2 is 1.78 bits per heavy atom. The highest BCUT2D eigenvalue weighted by molar-refractivity contribution is 7.80. The maximum Gasteiger partial charge on any atom is 0.260 e. The van der Waals surface area contributed by atoms with Crippen LogP contribution in [0.3, 0.4) is 0 Å². The van der Waals surface area contributed by atoms with Gasteiger partial charge in [0.15, 0.2) is 29.0 Å². The fourth-order valence-corrected chi connectivity index (χ4v) is 4.86. The van der Waals surface area contributed by atoms with Crippen molar-refractivity contribution in [3.8, 4) is 11.5 Å². The number of morpholine rings is 1. The van der Waals surface area contributed by atoms with Crippen LogP contribution in [0.1, 0.15) is 42.7 Å². The van der Waals surface area contributed by atoms with E-state index in [2.05, 4.69) is 10.6 Å². The van der Waals surface area contributed by atoms with Gasteiger partial charge in [-0.05, 0) is 50.7 Å². The number of nitrogens with zero attached hydrogens (tertiary/aromatic N) is 1. The molecule has 0 radical (unpaired) electrons. The third-order valence-electron chi connectivity index (χ3n) is 6.19. The highest BCUT2D eigenvalue weighted by Crippen LogP contribution is 2.35. The maximum absolute atomic E-state index is 13.4. The summed E-state index contributed by atoms with van der Waals surface area (Å²) >= 11 is 5.38. The quantitative estimate of drug-likeness (QED) is 0.434. The Balaban J connectivity index is 1.55. The van der Waals surface area contributed by atoms with Gasteiger partial charge in [-0.1, -0.05) is 36.4 Å². The molecule has 0 aliphatic carbocycles. The smallest absolute Gasteiger partial charge is 0.260 e. The van der Waals surface area contributed by atoms with Gasteiger partial charge in [0.2, 0.25) is 0 Å². The van der Waals surface area contributed by atoms with Crippen LogP contribution in [0, 0.1) is 0 Å². The van der Waals surface area contributed by atoms with E-state index in [4.69, 9.17) is 26.4 Å². The molecule has 9 heteroatoms. The normalized spacial score (nSPS) is 21.9. The van der Waals surface area contributed by atoms with Gasteiger partial charge in [-0.2, -0.15) is 0 Å². The number of Topliss-reactive ketones (excluding diaryl/α,β-unsaturated/α-hetero) is 1. The van der Waals surface area contributed by atoms with Crippen molar-refractivity contribution in [1.29, 1.82) is 0 Å². The van der Waals surface area contributed by atoms with Crippen LogP contribution in [0.25, 0.3) is 0 Å². The monoisotopic (exact) mass is 509 g/mol. The van der Waals surface area contributed by atoms with Crippen LogP contribution in [0.5, 0.6) is 11.5 Å². The zero-order valence-corrected chi connectivity index (χ0v) is 21.7. The Labute approximate surface area is 216 Å². The van der Waals surface area contributed by atoms with Crippen LogP contribution in [0.15, 0.2) is 59.8 Å². The van der Waals surface area contributed by atoms with Crippen molar-refractivity contribution in [3.05, 3.63) is 70.9 Å².